The number of ether oxygens (including phenoxy) is 2. The molecule has 178 valence electrons. The van der Waals surface area contributed by atoms with E-state index >= 15 is 0 Å². The van der Waals surface area contributed by atoms with Crippen LogP contribution in [0.5, 0.6) is 0 Å². The summed E-state index contributed by atoms with van der Waals surface area (Å²) in [6.07, 6.45) is 2.31. The van der Waals surface area contributed by atoms with E-state index < -0.39 is 0 Å². The summed E-state index contributed by atoms with van der Waals surface area (Å²) in [5, 5.41) is 6.83. The van der Waals surface area contributed by atoms with Crippen molar-refractivity contribution < 1.29 is 9.47 Å². The molecular formula is C24H43IN4O2. The van der Waals surface area contributed by atoms with Crippen LogP contribution >= 0.6 is 24.0 Å². The van der Waals surface area contributed by atoms with Crippen LogP contribution in [0.1, 0.15) is 58.6 Å². The molecule has 1 aromatic rings. The van der Waals surface area contributed by atoms with E-state index in [2.05, 4.69) is 74.4 Å². The van der Waals surface area contributed by atoms with Crippen molar-refractivity contribution in [2.45, 2.75) is 78.8 Å². The van der Waals surface area contributed by atoms with Gasteiger partial charge in [-0.3, -0.25) is 4.90 Å². The van der Waals surface area contributed by atoms with E-state index in [4.69, 9.17) is 14.5 Å². The molecule has 2 rings (SSSR count). The Morgan fingerprint density at radius 1 is 1.13 bits per heavy atom. The molecule has 0 radical (unpaired) electrons. The standard InChI is InChI=1S/C24H42N4O2.HI/c1-6-25-24(26-12-13-28(19(2)3)20(4)5)27-17-21-8-7-9-22(16-21)18-30-23-10-14-29-15-11-23;/h7-9,16,19-20,23H,6,10-15,17-18H2,1-5H3,(H2,25,26,27);1H. The van der Waals surface area contributed by atoms with Gasteiger partial charge in [-0.05, 0) is 58.6 Å². The smallest absolute Gasteiger partial charge is 0.191 e. The lowest BCUT2D eigenvalue weighted by atomic mass is 10.1. The summed E-state index contributed by atoms with van der Waals surface area (Å²) in [5.74, 6) is 0.869. The number of rotatable bonds is 11. The van der Waals surface area contributed by atoms with Crippen LogP contribution in [0.2, 0.25) is 0 Å². The van der Waals surface area contributed by atoms with Gasteiger partial charge < -0.3 is 20.1 Å². The molecule has 1 saturated heterocycles. The maximum absolute atomic E-state index is 6.06. The van der Waals surface area contributed by atoms with Crippen molar-refractivity contribution in [3.63, 3.8) is 0 Å². The van der Waals surface area contributed by atoms with Gasteiger partial charge in [-0.15, -0.1) is 24.0 Å². The second-order valence-electron chi connectivity index (χ2n) is 8.49. The molecule has 0 amide bonds. The first-order valence-electron chi connectivity index (χ1n) is 11.5. The summed E-state index contributed by atoms with van der Waals surface area (Å²) in [7, 11) is 0. The van der Waals surface area contributed by atoms with E-state index in [1.54, 1.807) is 0 Å². The Bertz CT molecular complexity index is 626. The Morgan fingerprint density at radius 3 is 2.45 bits per heavy atom. The van der Waals surface area contributed by atoms with Crippen LogP contribution in [-0.2, 0) is 22.6 Å². The molecule has 0 bridgehead atoms. The largest absolute Gasteiger partial charge is 0.381 e. The zero-order chi connectivity index (χ0) is 21.8. The third kappa shape index (κ3) is 11.0. The Labute approximate surface area is 206 Å². The van der Waals surface area contributed by atoms with Crippen LogP contribution in [0.15, 0.2) is 29.3 Å². The summed E-state index contributed by atoms with van der Waals surface area (Å²) in [5.41, 5.74) is 2.41. The van der Waals surface area contributed by atoms with Gasteiger partial charge in [-0.2, -0.15) is 0 Å². The highest BCUT2D eigenvalue weighted by Crippen LogP contribution is 2.14. The monoisotopic (exact) mass is 546 g/mol. The fourth-order valence-electron chi connectivity index (χ4n) is 3.80. The maximum Gasteiger partial charge on any atom is 0.191 e. The number of halogens is 1. The Morgan fingerprint density at radius 2 is 1.81 bits per heavy atom. The Balaban J connectivity index is 0.00000480. The molecule has 0 spiro atoms. The summed E-state index contributed by atoms with van der Waals surface area (Å²) >= 11 is 0. The van der Waals surface area contributed by atoms with Crippen molar-refractivity contribution in [3.8, 4) is 0 Å². The third-order valence-corrected chi connectivity index (χ3v) is 5.40. The molecule has 7 heteroatoms. The minimum atomic E-state index is 0. The van der Waals surface area contributed by atoms with Crippen LogP contribution < -0.4 is 10.6 Å². The second-order valence-corrected chi connectivity index (χ2v) is 8.49. The molecular weight excluding hydrogens is 503 g/mol. The zero-order valence-corrected chi connectivity index (χ0v) is 22.4. The molecule has 1 fully saturated rings. The predicted molar refractivity (Wildman–Crippen MR) is 140 cm³/mol. The van der Waals surface area contributed by atoms with Gasteiger partial charge in [0.05, 0.1) is 19.3 Å². The van der Waals surface area contributed by atoms with Crippen molar-refractivity contribution in [2.24, 2.45) is 4.99 Å². The van der Waals surface area contributed by atoms with Crippen molar-refractivity contribution in [2.75, 3.05) is 32.8 Å². The van der Waals surface area contributed by atoms with Crippen LogP contribution in [0, 0.1) is 0 Å². The number of benzene rings is 1. The molecule has 0 atom stereocenters. The van der Waals surface area contributed by atoms with Gasteiger partial charge in [-0.25, -0.2) is 4.99 Å². The highest BCUT2D eigenvalue weighted by atomic mass is 127. The molecule has 1 aliphatic heterocycles. The highest BCUT2D eigenvalue weighted by Gasteiger charge is 2.14. The van der Waals surface area contributed by atoms with E-state index in [9.17, 15) is 0 Å². The average Bonchev–Trinajstić information content (AvgIpc) is 2.74. The van der Waals surface area contributed by atoms with Gasteiger partial charge >= 0.3 is 0 Å². The molecule has 0 aromatic heterocycles. The number of hydrogen-bond donors (Lipinski definition) is 2. The maximum atomic E-state index is 6.06. The first kappa shape index (κ1) is 28.1. The Hall–Kier alpha value is -0.900. The lowest BCUT2D eigenvalue weighted by Gasteiger charge is -2.30. The quantitative estimate of drug-likeness (QED) is 0.248. The summed E-state index contributed by atoms with van der Waals surface area (Å²) in [4.78, 5) is 7.26. The summed E-state index contributed by atoms with van der Waals surface area (Å²) in [6.45, 7) is 16.7. The molecule has 1 aliphatic rings. The Kier molecular flexibility index (Phi) is 14.4. The number of hydrogen-bond acceptors (Lipinski definition) is 4. The predicted octanol–water partition coefficient (Wildman–Crippen LogP) is 4.17. The zero-order valence-electron chi connectivity index (χ0n) is 20.0. The van der Waals surface area contributed by atoms with Crippen molar-refractivity contribution >= 4 is 29.9 Å². The third-order valence-electron chi connectivity index (χ3n) is 5.40. The highest BCUT2D eigenvalue weighted by molar-refractivity contribution is 14.0. The van der Waals surface area contributed by atoms with E-state index in [0.717, 1.165) is 51.6 Å². The fraction of sp³-hybridized carbons (Fsp3) is 0.708. The first-order valence-corrected chi connectivity index (χ1v) is 11.5. The van der Waals surface area contributed by atoms with Gasteiger partial charge in [0, 0.05) is 44.9 Å². The van der Waals surface area contributed by atoms with Gasteiger partial charge in [0.2, 0.25) is 0 Å². The normalized spacial score (nSPS) is 15.4. The van der Waals surface area contributed by atoms with Crippen molar-refractivity contribution in [1.29, 1.82) is 0 Å². The minimum Gasteiger partial charge on any atom is -0.381 e. The van der Waals surface area contributed by atoms with E-state index in [1.165, 1.54) is 11.1 Å². The number of aliphatic imine (C=N–C) groups is 1. The van der Waals surface area contributed by atoms with Crippen LogP contribution in [0.4, 0.5) is 0 Å². The molecule has 0 aliphatic carbocycles. The van der Waals surface area contributed by atoms with Crippen molar-refractivity contribution in [1.82, 2.24) is 15.5 Å². The molecule has 31 heavy (non-hydrogen) atoms. The summed E-state index contributed by atoms with van der Waals surface area (Å²) < 4.78 is 11.5. The van der Waals surface area contributed by atoms with Crippen LogP contribution in [-0.4, -0.2) is 61.9 Å². The molecule has 6 nitrogen and oxygen atoms in total. The lowest BCUT2D eigenvalue weighted by molar-refractivity contribution is -0.0390. The topological polar surface area (TPSA) is 58.1 Å². The van der Waals surface area contributed by atoms with E-state index in [-0.39, 0.29) is 24.0 Å². The molecule has 0 unspecified atom stereocenters. The molecule has 2 N–H and O–H groups in total. The lowest BCUT2D eigenvalue weighted by Crippen LogP contribution is -2.45. The van der Waals surface area contributed by atoms with Crippen molar-refractivity contribution in [3.05, 3.63) is 35.4 Å². The second kappa shape index (κ2) is 15.8. The van der Waals surface area contributed by atoms with Gasteiger partial charge in [0.25, 0.3) is 0 Å². The number of guanidine groups is 1. The van der Waals surface area contributed by atoms with Crippen LogP contribution in [0.25, 0.3) is 0 Å². The van der Waals surface area contributed by atoms with Gasteiger partial charge in [0.15, 0.2) is 5.96 Å². The fourth-order valence-corrected chi connectivity index (χ4v) is 3.80. The molecule has 0 saturated carbocycles. The average molecular weight is 547 g/mol. The number of nitrogens with zero attached hydrogens (tertiary/aromatic N) is 2. The van der Waals surface area contributed by atoms with Crippen LogP contribution in [0.3, 0.4) is 0 Å². The van der Waals surface area contributed by atoms with Gasteiger partial charge in [0.1, 0.15) is 0 Å². The number of nitrogens with one attached hydrogen (secondary N) is 2. The van der Waals surface area contributed by atoms with Gasteiger partial charge in [-0.1, -0.05) is 24.3 Å². The first-order chi connectivity index (χ1) is 14.5. The van der Waals surface area contributed by atoms with E-state index in [1.807, 2.05) is 0 Å². The summed E-state index contributed by atoms with van der Waals surface area (Å²) in [6, 6.07) is 9.63. The minimum absolute atomic E-state index is 0. The van der Waals surface area contributed by atoms with E-state index in [0.29, 0.717) is 31.3 Å². The molecule has 1 aromatic carbocycles. The molecule has 1 heterocycles. The SMILES string of the molecule is CCNC(=NCc1cccc(COC2CCOCC2)c1)NCCN(C(C)C)C(C)C.I.